The van der Waals surface area contributed by atoms with Gasteiger partial charge in [0.25, 0.3) is 0 Å². The molecule has 2 amide bonds. The summed E-state index contributed by atoms with van der Waals surface area (Å²) in [5, 5.41) is 18.1. The molecule has 1 heterocycles. The lowest BCUT2D eigenvalue weighted by molar-refractivity contribution is -0.0499. The molecular weight excluding hydrogens is 446 g/mol. The summed E-state index contributed by atoms with van der Waals surface area (Å²) in [6.45, 7) is 8.13. The van der Waals surface area contributed by atoms with Gasteiger partial charge in [-0.25, -0.2) is 9.78 Å². The van der Waals surface area contributed by atoms with E-state index in [0.29, 0.717) is 21.8 Å². The molecule has 0 unspecified atom stereocenters. The highest BCUT2D eigenvalue weighted by Gasteiger charge is 2.20. The second-order valence-corrected chi connectivity index (χ2v) is 9.78. The Balaban J connectivity index is 0.000000367. The van der Waals surface area contributed by atoms with Crippen molar-refractivity contribution in [3.05, 3.63) is 34.5 Å². The zero-order valence-corrected chi connectivity index (χ0v) is 20.0. The molecule has 7 nitrogen and oxygen atoms in total. The summed E-state index contributed by atoms with van der Waals surface area (Å²) in [5.74, 6) is 0.133. The maximum absolute atomic E-state index is 12.4. The van der Waals surface area contributed by atoms with Crippen molar-refractivity contribution in [3.8, 4) is 5.75 Å². The van der Waals surface area contributed by atoms with E-state index in [0.717, 1.165) is 16.2 Å². The average molecular weight is 477 g/mol. The minimum atomic E-state index is -2.88. The molecule has 0 saturated heterocycles. The Morgan fingerprint density at radius 1 is 1.23 bits per heavy atom. The zero-order valence-electron chi connectivity index (χ0n) is 18.4. The van der Waals surface area contributed by atoms with Gasteiger partial charge in [-0.1, -0.05) is 27.7 Å². The maximum Gasteiger partial charge on any atom is 0.387 e. The predicted molar refractivity (Wildman–Crippen MR) is 122 cm³/mol. The second kappa shape index (κ2) is 11.6. The van der Waals surface area contributed by atoms with Crippen LogP contribution in [0, 0.1) is 0 Å². The molecule has 174 valence electrons. The minimum Gasteiger partial charge on any atom is -0.435 e. The molecule has 0 fully saturated rings. The summed E-state index contributed by atoms with van der Waals surface area (Å²) < 4.78 is 30.2. The topological polar surface area (TPSA) is 123 Å². The first kappa shape index (κ1) is 27.1. The smallest absolute Gasteiger partial charge is 0.387 e. The lowest BCUT2D eigenvalue weighted by atomic mass is 9.92. The van der Waals surface area contributed by atoms with Gasteiger partial charge in [0.05, 0.1) is 10.4 Å². The SMILES string of the molecule is CC(C)(O)c1ncc(SN)s1.CC(C)c1cc(OC(F)F)cc(C(C)C)c1NC(N)=O. The van der Waals surface area contributed by atoms with Crippen molar-refractivity contribution in [2.75, 3.05) is 5.32 Å². The van der Waals surface area contributed by atoms with E-state index >= 15 is 0 Å². The van der Waals surface area contributed by atoms with Crippen LogP contribution in [-0.4, -0.2) is 22.7 Å². The van der Waals surface area contributed by atoms with E-state index in [1.54, 1.807) is 20.0 Å². The molecule has 0 aliphatic carbocycles. The number of nitrogens with zero attached hydrogens (tertiary/aromatic N) is 1. The van der Waals surface area contributed by atoms with Crippen molar-refractivity contribution in [1.82, 2.24) is 4.98 Å². The Hall–Kier alpha value is -1.95. The van der Waals surface area contributed by atoms with Crippen molar-refractivity contribution in [3.63, 3.8) is 0 Å². The Morgan fingerprint density at radius 2 is 1.74 bits per heavy atom. The van der Waals surface area contributed by atoms with E-state index in [4.69, 9.17) is 10.9 Å². The summed E-state index contributed by atoms with van der Waals surface area (Å²) in [6, 6.07) is 2.33. The summed E-state index contributed by atoms with van der Waals surface area (Å²) in [5.41, 5.74) is 6.33. The number of rotatable bonds is 7. The molecule has 0 atom stereocenters. The van der Waals surface area contributed by atoms with Gasteiger partial charge in [0, 0.05) is 5.69 Å². The van der Waals surface area contributed by atoms with Crippen LogP contribution in [0.2, 0.25) is 0 Å². The highest BCUT2D eigenvalue weighted by atomic mass is 32.2. The first-order valence-electron chi connectivity index (χ1n) is 9.50. The van der Waals surface area contributed by atoms with Crippen LogP contribution in [0.25, 0.3) is 0 Å². The maximum atomic E-state index is 12.4. The number of nitrogens with one attached hydrogen (secondary N) is 1. The number of carbonyl (C=O) groups excluding carboxylic acids is 1. The molecule has 2 aromatic rings. The fourth-order valence-corrected chi connectivity index (χ4v) is 3.80. The van der Waals surface area contributed by atoms with Crippen LogP contribution >= 0.6 is 23.3 Å². The van der Waals surface area contributed by atoms with Gasteiger partial charge in [0.2, 0.25) is 0 Å². The number of hydrogen-bond donors (Lipinski definition) is 4. The van der Waals surface area contributed by atoms with Crippen LogP contribution < -0.4 is 20.9 Å². The number of carbonyl (C=O) groups is 1. The molecule has 0 bridgehead atoms. The fraction of sp³-hybridized carbons (Fsp3) is 0.500. The lowest BCUT2D eigenvalue weighted by Gasteiger charge is -2.21. The summed E-state index contributed by atoms with van der Waals surface area (Å²) in [4.78, 5) is 15.2. The number of thiazole rings is 1. The van der Waals surface area contributed by atoms with Gasteiger partial charge in [0.15, 0.2) is 0 Å². The van der Waals surface area contributed by atoms with Crippen LogP contribution in [0.5, 0.6) is 5.75 Å². The third-order valence-electron chi connectivity index (χ3n) is 4.01. The van der Waals surface area contributed by atoms with Crippen LogP contribution in [0.4, 0.5) is 19.3 Å². The van der Waals surface area contributed by atoms with Gasteiger partial charge in [-0.3, -0.25) is 5.14 Å². The first-order chi connectivity index (χ1) is 14.3. The third-order valence-corrected chi connectivity index (χ3v) is 6.00. The number of ether oxygens (including phenoxy) is 1. The highest BCUT2D eigenvalue weighted by molar-refractivity contribution is 7.99. The third kappa shape index (κ3) is 8.60. The van der Waals surface area contributed by atoms with E-state index in [-0.39, 0.29) is 17.6 Å². The van der Waals surface area contributed by atoms with Crippen molar-refractivity contribution < 1.29 is 23.4 Å². The van der Waals surface area contributed by atoms with Crippen LogP contribution in [0.15, 0.2) is 22.5 Å². The molecule has 0 aliphatic heterocycles. The summed E-state index contributed by atoms with van der Waals surface area (Å²) in [6.07, 6.45) is 1.67. The zero-order chi connectivity index (χ0) is 23.9. The van der Waals surface area contributed by atoms with E-state index in [1.165, 1.54) is 23.5 Å². The Bertz CT molecular complexity index is 839. The van der Waals surface area contributed by atoms with Crippen LogP contribution in [0.1, 0.15) is 69.5 Å². The largest absolute Gasteiger partial charge is 0.435 e. The Kier molecular flexibility index (Phi) is 10.1. The standard InChI is InChI=1S/C14H20F2N2O2.C6H10N2OS2/c1-7(2)10-5-9(20-13(15)16)6-11(8(3)4)12(10)18-14(17)19;1-6(2,9)5-8-3-4(10-5)11-7/h5-8,13H,1-4H3,(H3,17,18,19);3,9H,7H2,1-2H3. The van der Waals surface area contributed by atoms with Crippen molar-refractivity contribution in [2.24, 2.45) is 10.9 Å². The lowest BCUT2D eigenvalue weighted by Crippen LogP contribution is -2.22. The Labute approximate surface area is 189 Å². The molecule has 6 N–H and O–H groups in total. The molecule has 2 rings (SSSR count). The number of alkyl halides is 2. The van der Waals surface area contributed by atoms with Gasteiger partial charge in [-0.05, 0) is 60.9 Å². The molecule has 1 aromatic heterocycles. The van der Waals surface area contributed by atoms with Gasteiger partial charge in [0.1, 0.15) is 16.4 Å². The van der Waals surface area contributed by atoms with E-state index in [2.05, 4.69) is 15.0 Å². The highest BCUT2D eigenvalue weighted by Crippen LogP contribution is 2.36. The van der Waals surface area contributed by atoms with Crippen molar-refractivity contribution >= 4 is 35.0 Å². The van der Waals surface area contributed by atoms with E-state index in [9.17, 15) is 18.7 Å². The molecule has 31 heavy (non-hydrogen) atoms. The molecule has 0 spiro atoms. The predicted octanol–water partition coefficient (Wildman–Crippen LogP) is 5.36. The Morgan fingerprint density at radius 3 is 2.03 bits per heavy atom. The van der Waals surface area contributed by atoms with Crippen molar-refractivity contribution in [1.29, 1.82) is 0 Å². The number of aliphatic hydroxyl groups is 1. The number of hydrogen-bond acceptors (Lipinski definition) is 7. The van der Waals surface area contributed by atoms with E-state index < -0.39 is 18.2 Å². The molecular formula is C20H30F2N4O3S2. The molecule has 0 aliphatic rings. The van der Waals surface area contributed by atoms with Crippen molar-refractivity contribution in [2.45, 2.75) is 69.8 Å². The van der Waals surface area contributed by atoms with E-state index in [1.807, 2.05) is 27.7 Å². The number of nitrogens with two attached hydrogens (primary N) is 2. The number of primary amides is 1. The minimum absolute atomic E-state index is 0.0237. The number of halogens is 2. The quantitative estimate of drug-likeness (QED) is 0.399. The van der Waals surface area contributed by atoms with Gasteiger partial charge in [-0.15, -0.1) is 11.3 Å². The molecule has 0 saturated carbocycles. The van der Waals surface area contributed by atoms with Crippen LogP contribution in [-0.2, 0) is 5.60 Å². The summed E-state index contributed by atoms with van der Waals surface area (Å²) in [7, 11) is 0. The monoisotopic (exact) mass is 476 g/mol. The number of anilines is 1. The molecule has 11 heteroatoms. The van der Waals surface area contributed by atoms with Gasteiger partial charge < -0.3 is 20.9 Å². The molecule has 0 radical (unpaired) electrons. The number of aromatic nitrogens is 1. The van der Waals surface area contributed by atoms with Gasteiger partial charge >= 0.3 is 12.6 Å². The van der Waals surface area contributed by atoms with Crippen LogP contribution in [0.3, 0.4) is 0 Å². The summed E-state index contributed by atoms with van der Waals surface area (Å²) >= 11 is 2.57. The fourth-order valence-electron chi connectivity index (χ4n) is 2.60. The number of urea groups is 1. The first-order valence-corrected chi connectivity index (χ1v) is 11.2. The normalized spacial score (nSPS) is 11.5. The number of amides is 2. The number of benzene rings is 1. The average Bonchev–Trinajstić information content (AvgIpc) is 3.11. The second-order valence-electron chi connectivity index (χ2n) is 7.82. The van der Waals surface area contributed by atoms with Gasteiger partial charge in [-0.2, -0.15) is 8.78 Å². The molecule has 1 aromatic carbocycles.